The van der Waals surface area contributed by atoms with Gasteiger partial charge in [0.25, 0.3) is 0 Å². The first-order valence-corrected chi connectivity index (χ1v) is 6.79. The minimum atomic E-state index is 0.631. The van der Waals surface area contributed by atoms with E-state index < -0.39 is 0 Å². The Balaban J connectivity index is 1.87. The minimum Gasteiger partial charge on any atom is -0.317 e. The third-order valence-electron chi connectivity index (χ3n) is 4.88. The van der Waals surface area contributed by atoms with E-state index in [0.29, 0.717) is 5.41 Å². The summed E-state index contributed by atoms with van der Waals surface area (Å²) < 4.78 is 0. The normalized spacial score (nSPS) is 34.2. The van der Waals surface area contributed by atoms with Crippen LogP contribution < -0.4 is 5.32 Å². The number of rotatable bonds is 2. The van der Waals surface area contributed by atoms with Crippen LogP contribution in [0.25, 0.3) is 0 Å². The van der Waals surface area contributed by atoms with E-state index in [-0.39, 0.29) is 0 Å². The molecule has 2 rings (SSSR count). The van der Waals surface area contributed by atoms with Crippen LogP contribution in [0.1, 0.15) is 52.9 Å². The second kappa shape index (κ2) is 4.45. The zero-order valence-electron chi connectivity index (χ0n) is 10.7. The van der Waals surface area contributed by atoms with Gasteiger partial charge in [-0.25, -0.2) is 0 Å². The van der Waals surface area contributed by atoms with E-state index >= 15 is 0 Å². The van der Waals surface area contributed by atoms with Crippen LogP contribution in [0, 0.1) is 23.2 Å². The SMILES string of the molecule is CC(C1CCNCC1)C1CCC(C)(C)C1. The quantitative estimate of drug-likeness (QED) is 0.734. The van der Waals surface area contributed by atoms with Gasteiger partial charge in [0.1, 0.15) is 0 Å². The van der Waals surface area contributed by atoms with Crippen molar-refractivity contribution >= 4 is 0 Å². The fourth-order valence-electron chi connectivity index (χ4n) is 3.69. The lowest BCUT2D eigenvalue weighted by Crippen LogP contribution is -2.33. The molecule has 0 spiro atoms. The van der Waals surface area contributed by atoms with Crippen LogP contribution in [0.15, 0.2) is 0 Å². The predicted molar refractivity (Wildman–Crippen MR) is 65.9 cm³/mol. The first kappa shape index (κ1) is 11.4. The molecule has 1 heteroatoms. The van der Waals surface area contributed by atoms with Crippen LogP contribution in [0.2, 0.25) is 0 Å². The van der Waals surface area contributed by atoms with Crippen molar-refractivity contribution in [3.05, 3.63) is 0 Å². The molecule has 2 atom stereocenters. The summed E-state index contributed by atoms with van der Waals surface area (Å²) in [5.41, 5.74) is 0.631. The van der Waals surface area contributed by atoms with Crippen molar-refractivity contribution in [2.24, 2.45) is 23.2 Å². The maximum atomic E-state index is 3.48. The van der Waals surface area contributed by atoms with Gasteiger partial charge in [-0.05, 0) is 68.4 Å². The van der Waals surface area contributed by atoms with Crippen molar-refractivity contribution in [1.82, 2.24) is 5.32 Å². The molecule has 1 N–H and O–H groups in total. The average molecular weight is 209 g/mol. The molecule has 1 nitrogen and oxygen atoms in total. The molecule has 0 aromatic rings. The molecule has 1 aliphatic carbocycles. The lowest BCUT2D eigenvalue weighted by molar-refractivity contribution is 0.193. The first-order chi connectivity index (χ1) is 7.08. The number of nitrogens with one attached hydrogen (secondary N) is 1. The molecule has 0 bridgehead atoms. The molecule has 2 fully saturated rings. The Hall–Kier alpha value is -0.0400. The second-order valence-electron chi connectivity index (χ2n) is 6.61. The Morgan fingerprint density at radius 2 is 1.73 bits per heavy atom. The van der Waals surface area contributed by atoms with E-state index in [9.17, 15) is 0 Å². The summed E-state index contributed by atoms with van der Waals surface area (Å²) in [5, 5.41) is 3.48. The van der Waals surface area contributed by atoms with E-state index in [1.54, 1.807) is 0 Å². The Morgan fingerprint density at radius 3 is 2.27 bits per heavy atom. The van der Waals surface area contributed by atoms with E-state index in [0.717, 1.165) is 17.8 Å². The molecular formula is C14H27N. The zero-order valence-corrected chi connectivity index (χ0v) is 10.7. The Bertz CT molecular complexity index is 203. The van der Waals surface area contributed by atoms with Crippen molar-refractivity contribution in [3.63, 3.8) is 0 Å². The van der Waals surface area contributed by atoms with Gasteiger partial charge in [-0.3, -0.25) is 0 Å². The number of piperidine rings is 1. The molecule has 0 aromatic carbocycles. The van der Waals surface area contributed by atoms with Crippen LogP contribution in [0.4, 0.5) is 0 Å². The van der Waals surface area contributed by atoms with Crippen LogP contribution in [-0.2, 0) is 0 Å². The van der Waals surface area contributed by atoms with Gasteiger partial charge in [-0.2, -0.15) is 0 Å². The van der Waals surface area contributed by atoms with Crippen molar-refractivity contribution < 1.29 is 0 Å². The van der Waals surface area contributed by atoms with E-state index in [2.05, 4.69) is 26.1 Å². The second-order valence-corrected chi connectivity index (χ2v) is 6.61. The Morgan fingerprint density at radius 1 is 1.07 bits per heavy atom. The molecule has 0 aromatic heterocycles. The number of hydrogen-bond acceptors (Lipinski definition) is 1. The molecule has 1 aliphatic heterocycles. The van der Waals surface area contributed by atoms with Crippen molar-refractivity contribution in [2.45, 2.75) is 52.9 Å². The van der Waals surface area contributed by atoms with Crippen molar-refractivity contribution in [2.75, 3.05) is 13.1 Å². The van der Waals surface area contributed by atoms with E-state index in [1.807, 2.05) is 0 Å². The molecule has 1 saturated carbocycles. The molecule has 2 unspecified atom stereocenters. The molecule has 0 amide bonds. The van der Waals surface area contributed by atoms with Crippen molar-refractivity contribution in [3.8, 4) is 0 Å². The van der Waals surface area contributed by atoms with Gasteiger partial charge in [-0.15, -0.1) is 0 Å². The third-order valence-corrected chi connectivity index (χ3v) is 4.88. The fraction of sp³-hybridized carbons (Fsp3) is 1.00. The summed E-state index contributed by atoms with van der Waals surface area (Å²) in [4.78, 5) is 0. The standard InChI is InChI=1S/C14H27N/c1-11(12-5-8-15-9-6-12)13-4-7-14(2,3)10-13/h11-13,15H,4-10H2,1-3H3. The molecule has 1 heterocycles. The molecule has 88 valence electrons. The summed E-state index contributed by atoms with van der Waals surface area (Å²) in [6.07, 6.45) is 7.24. The van der Waals surface area contributed by atoms with E-state index in [1.165, 1.54) is 45.2 Å². The lowest BCUT2D eigenvalue weighted by atomic mass is 9.76. The summed E-state index contributed by atoms with van der Waals surface area (Å²) in [6, 6.07) is 0. The molecule has 2 aliphatic rings. The predicted octanol–water partition coefficient (Wildman–Crippen LogP) is 3.45. The highest BCUT2D eigenvalue weighted by molar-refractivity contribution is 4.87. The van der Waals surface area contributed by atoms with Crippen LogP contribution in [0.5, 0.6) is 0 Å². The highest BCUT2D eigenvalue weighted by atomic mass is 14.9. The molecular weight excluding hydrogens is 182 g/mol. The van der Waals surface area contributed by atoms with Gasteiger partial charge in [0.2, 0.25) is 0 Å². The Labute approximate surface area is 95.0 Å². The summed E-state index contributed by atoms with van der Waals surface area (Å²) in [5.74, 6) is 2.99. The third kappa shape index (κ3) is 2.75. The largest absolute Gasteiger partial charge is 0.317 e. The lowest BCUT2D eigenvalue weighted by Gasteiger charge is -2.32. The zero-order chi connectivity index (χ0) is 10.9. The number of hydrogen-bond donors (Lipinski definition) is 1. The van der Waals surface area contributed by atoms with Crippen LogP contribution in [0.3, 0.4) is 0 Å². The van der Waals surface area contributed by atoms with Gasteiger partial charge in [0.05, 0.1) is 0 Å². The van der Waals surface area contributed by atoms with Gasteiger partial charge in [0.15, 0.2) is 0 Å². The van der Waals surface area contributed by atoms with Crippen LogP contribution in [-0.4, -0.2) is 13.1 Å². The maximum absolute atomic E-state index is 3.48. The van der Waals surface area contributed by atoms with Gasteiger partial charge < -0.3 is 5.32 Å². The molecule has 1 saturated heterocycles. The van der Waals surface area contributed by atoms with E-state index in [4.69, 9.17) is 0 Å². The first-order valence-electron chi connectivity index (χ1n) is 6.79. The Kier molecular flexibility index (Phi) is 3.39. The summed E-state index contributed by atoms with van der Waals surface area (Å²) in [7, 11) is 0. The highest BCUT2D eigenvalue weighted by Gasteiger charge is 2.36. The highest BCUT2D eigenvalue weighted by Crippen LogP contribution is 2.46. The topological polar surface area (TPSA) is 12.0 Å². The van der Waals surface area contributed by atoms with Crippen LogP contribution >= 0.6 is 0 Å². The van der Waals surface area contributed by atoms with Gasteiger partial charge in [0, 0.05) is 0 Å². The monoisotopic (exact) mass is 209 g/mol. The minimum absolute atomic E-state index is 0.631. The maximum Gasteiger partial charge on any atom is -0.00462 e. The fourth-order valence-corrected chi connectivity index (χ4v) is 3.69. The summed E-state index contributed by atoms with van der Waals surface area (Å²) in [6.45, 7) is 9.92. The van der Waals surface area contributed by atoms with Gasteiger partial charge in [-0.1, -0.05) is 20.8 Å². The van der Waals surface area contributed by atoms with Crippen molar-refractivity contribution in [1.29, 1.82) is 0 Å². The summed E-state index contributed by atoms with van der Waals surface area (Å²) >= 11 is 0. The molecule has 15 heavy (non-hydrogen) atoms. The smallest absolute Gasteiger partial charge is 0.00462 e. The average Bonchev–Trinajstić information content (AvgIpc) is 2.59. The molecule has 0 radical (unpaired) electrons. The van der Waals surface area contributed by atoms with Gasteiger partial charge >= 0.3 is 0 Å².